The van der Waals surface area contributed by atoms with E-state index in [1.165, 1.54) is 0 Å². The normalized spacial score (nSPS) is 9.27. The fourth-order valence-electron chi connectivity index (χ4n) is 0.529. The van der Waals surface area contributed by atoms with E-state index >= 15 is 0 Å². The van der Waals surface area contributed by atoms with Gasteiger partial charge in [0.2, 0.25) is 5.88 Å². The van der Waals surface area contributed by atoms with Gasteiger partial charge in [0.05, 0.1) is 4.47 Å². The molecule has 0 saturated heterocycles. The van der Waals surface area contributed by atoms with Crippen LogP contribution in [0.15, 0.2) is 16.6 Å². The second-order valence-corrected chi connectivity index (χ2v) is 2.88. The van der Waals surface area contributed by atoms with Gasteiger partial charge in [-0.15, -0.1) is 0 Å². The highest BCUT2D eigenvalue weighted by molar-refractivity contribution is 9.10. The Morgan fingerprint density at radius 2 is 2.36 bits per heavy atom. The quantitative estimate of drug-likeness (QED) is 0.583. The third-order valence-electron chi connectivity index (χ3n) is 0.940. The molecule has 0 atom stereocenters. The van der Waals surface area contributed by atoms with Crippen molar-refractivity contribution in [3.05, 3.63) is 21.8 Å². The highest BCUT2D eigenvalue weighted by atomic mass is 79.9. The first-order valence-corrected chi connectivity index (χ1v) is 3.83. The molecule has 11 heavy (non-hydrogen) atoms. The molecule has 0 aromatic carbocycles. The van der Waals surface area contributed by atoms with Crippen molar-refractivity contribution in [2.45, 2.75) is 0 Å². The number of nitrogens with zero attached hydrogens (tertiary/aromatic N) is 1. The molecule has 0 saturated carbocycles. The Bertz CT molecular complexity index is 279. The van der Waals surface area contributed by atoms with E-state index in [0.717, 1.165) is 0 Å². The molecule has 1 aromatic rings. The molecule has 58 valence electrons. The predicted octanol–water partition coefficient (Wildman–Crippen LogP) is 2.03. The number of hydrogen-bond donors (Lipinski definition) is 0. The molecule has 0 unspecified atom stereocenters. The van der Waals surface area contributed by atoms with Crippen LogP contribution in [-0.4, -0.2) is 11.5 Å². The van der Waals surface area contributed by atoms with E-state index in [-0.39, 0.29) is 11.0 Å². The van der Waals surface area contributed by atoms with Gasteiger partial charge in [0.1, 0.15) is 5.15 Å². The van der Waals surface area contributed by atoms with Crippen LogP contribution >= 0.6 is 27.5 Å². The van der Waals surface area contributed by atoms with Gasteiger partial charge >= 0.3 is 0 Å². The first kappa shape index (κ1) is 8.49. The van der Waals surface area contributed by atoms with Gasteiger partial charge in [-0.1, -0.05) is 11.6 Å². The second kappa shape index (κ2) is 3.69. The van der Waals surface area contributed by atoms with Gasteiger partial charge in [-0.25, -0.2) is 4.98 Å². The van der Waals surface area contributed by atoms with Gasteiger partial charge in [-0.05, 0) is 28.1 Å². The standard InChI is InChI=1S/C6H3BrClNO2/c7-4-1-2-5(8)9-6(4)11-3-10/h1-3H. The molecule has 0 fully saturated rings. The summed E-state index contributed by atoms with van der Waals surface area (Å²) in [6, 6.07) is 3.23. The summed E-state index contributed by atoms with van der Waals surface area (Å²) in [5.41, 5.74) is 0. The van der Waals surface area contributed by atoms with Crippen molar-refractivity contribution in [3.63, 3.8) is 0 Å². The lowest BCUT2D eigenvalue weighted by Crippen LogP contribution is -1.92. The molecule has 0 aliphatic carbocycles. The van der Waals surface area contributed by atoms with E-state index in [1.807, 2.05) is 0 Å². The molecule has 0 spiro atoms. The minimum Gasteiger partial charge on any atom is -0.408 e. The molecule has 1 aromatic heterocycles. The summed E-state index contributed by atoms with van der Waals surface area (Å²) in [5.74, 6) is 0.174. The molecule has 0 N–H and O–H groups in total. The zero-order valence-corrected chi connectivity index (χ0v) is 7.59. The summed E-state index contributed by atoms with van der Waals surface area (Å²) in [4.78, 5) is 13.6. The first-order valence-electron chi connectivity index (χ1n) is 2.66. The van der Waals surface area contributed by atoms with Gasteiger partial charge < -0.3 is 4.74 Å². The van der Waals surface area contributed by atoms with Gasteiger partial charge in [0, 0.05) is 0 Å². The Labute approximate surface area is 76.5 Å². The van der Waals surface area contributed by atoms with Gasteiger partial charge in [0.25, 0.3) is 6.47 Å². The van der Waals surface area contributed by atoms with E-state index in [0.29, 0.717) is 10.9 Å². The van der Waals surface area contributed by atoms with E-state index in [1.54, 1.807) is 12.1 Å². The zero-order valence-electron chi connectivity index (χ0n) is 5.25. The summed E-state index contributed by atoms with van der Waals surface area (Å²) in [6.45, 7) is 0.295. The van der Waals surface area contributed by atoms with Crippen LogP contribution < -0.4 is 4.74 Å². The molecular formula is C6H3BrClNO2. The van der Waals surface area contributed by atoms with Crippen LogP contribution in [0.25, 0.3) is 0 Å². The monoisotopic (exact) mass is 235 g/mol. The molecule has 0 amide bonds. The van der Waals surface area contributed by atoms with Crippen molar-refractivity contribution < 1.29 is 9.53 Å². The Balaban J connectivity index is 3.01. The zero-order chi connectivity index (χ0) is 8.27. The number of halogens is 2. The van der Waals surface area contributed by atoms with Gasteiger partial charge in [-0.2, -0.15) is 0 Å². The second-order valence-electron chi connectivity index (χ2n) is 1.64. The topological polar surface area (TPSA) is 39.2 Å². The molecular weight excluding hydrogens is 233 g/mol. The first-order chi connectivity index (χ1) is 5.24. The number of aromatic nitrogens is 1. The molecule has 1 rings (SSSR count). The molecule has 0 aliphatic heterocycles. The molecule has 0 radical (unpaired) electrons. The van der Waals surface area contributed by atoms with Crippen LogP contribution in [0.3, 0.4) is 0 Å². The summed E-state index contributed by atoms with van der Waals surface area (Å²) >= 11 is 8.65. The van der Waals surface area contributed by atoms with E-state index in [4.69, 9.17) is 11.6 Å². The van der Waals surface area contributed by atoms with Crippen LogP contribution in [0.1, 0.15) is 0 Å². The van der Waals surface area contributed by atoms with Crippen molar-refractivity contribution >= 4 is 34.0 Å². The minimum atomic E-state index is 0.174. The average molecular weight is 236 g/mol. The maximum atomic E-state index is 9.91. The Morgan fingerprint density at radius 1 is 1.64 bits per heavy atom. The molecule has 0 bridgehead atoms. The van der Waals surface area contributed by atoms with E-state index < -0.39 is 0 Å². The summed E-state index contributed by atoms with van der Waals surface area (Å²) < 4.78 is 5.09. The van der Waals surface area contributed by atoms with Gasteiger partial charge in [0.15, 0.2) is 0 Å². The number of ether oxygens (including phenoxy) is 1. The lowest BCUT2D eigenvalue weighted by Gasteiger charge is -1.98. The minimum absolute atomic E-state index is 0.174. The Morgan fingerprint density at radius 3 is 3.00 bits per heavy atom. The fraction of sp³-hybridized carbons (Fsp3) is 0. The maximum Gasteiger partial charge on any atom is 0.299 e. The summed E-state index contributed by atoms with van der Waals surface area (Å²) in [5, 5.41) is 0.282. The summed E-state index contributed by atoms with van der Waals surface area (Å²) in [6.07, 6.45) is 0. The molecule has 5 heteroatoms. The van der Waals surface area contributed by atoms with Gasteiger partial charge in [-0.3, -0.25) is 4.79 Å². The van der Waals surface area contributed by atoms with Crippen molar-refractivity contribution in [2.24, 2.45) is 0 Å². The lowest BCUT2D eigenvalue weighted by atomic mass is 10.5. The number of carbonyl (C=O) groups excluding carboxylic acids is 1. The summed E-state index contributed by atoms with van der Waals surface area (Å²) in [7, 11) is 0. The number of rotatable bonds is 2. The Kier molecular flexibility index (Phi) is 2.84. The highest BCUT2D eigenvalue weighted by Crippen LogP contribution is 2.23. The smallest absolute Gasteiger partial charge is 0.299 e. The average Bonchev–Trinajstić information content (AvgIpc) is 1.98. The van der Waals surface area contributed by atoms with Crippen LogP contribution in [0.4, 0.5) is 0 Å². The number of carbonyl (C=O) groups is 1. The fourth-order valence-corrected chi connectivity index (χ4v) is 0.983. The highest BCUT2D eigenvalue weighted by Gasteiger charge is 2.01. The van der Waals surface area contributed by atoms with Crippen LogP contribution in [0.2, 0.25) is 5.15 Å². The van der Waals surface area contributed by atoms with Crippen molar-refractivity contribution in [3.8, 4) is 5.88 Å². The number of pyridine rings is 1. The van der Waals surface area contributed by atoms with Crippen molar-refractivity contribution in [2.75, 3.05) is 0 Å². The van der Waals surface area contributed by atoms with Crippen LogP contribution in [0, 0.1) is 0 Å². The third kappa shape index (κ3) is 2.17. The van der Waals surface area contributed by atoms with Crippen LogP contribution in [-0.2, 0) is 4.79 Å². The molecule has 0 aliphatic rings. The SMILES string of the molecule is O=COc1nc(Cl)ccc1Br. The molecule has 3 nitrogen and oxygen atoms in total. The van der Waals surface area contributed by atoms with E-state index in [2.05, 4.69) is 25.7 Å². The number of hydrogen-bond acceptors (Lipinski definition) is 3. The lowest BCUT2D eigenvalue weighted by molar-refractivity contribution is -0.121. The maximum absolute atomic E-state index is 9.91. The largest absolute Gasteiger partial charge is 0.408 e. The van der Waals surface area contributed by atoms with E-state index in [9.17, 15) is 4.79 Å². The third-order valence-corrected chi connectivity index (χ3v) is 1.75. The Hall–Kier alpha value is -0.610. The van der Waals surface area contributed by atoms with Crippen LogP contribution in [0.5, 0.6) is 5.88 Å². The predicted molar refractivity (Wildman–Crippen MR) is 43.6 cm³/mol. The van der Waals surface area contributed by atoms with Crippen molar-refractivity contribution in [1.82, 2.24) is 4.98 Å². The molecule has 1 heterocycles. The van der Waals surface area contributed by atoms with Crippen molar-refractivity contribution in [1.29, 1.82) is 0 Å².